The summed E-state index contributed by atoms with van der Waals surface area (Å²) in [7, 11) is 0. The first-order valence-corrected chi connectivity index (χ1v) is 5.75. The van der Waals surface area contributed by atoms with Gasteiger partial charge in [-0.3, -0.25) is 0 Å². The van der Waals surface area contributed by atoms with E-state index in [1.165, 1.54) is 0 Å². The van der Waals surface area contributed by atoms with Crippen molar-refractivity contribution in [3.8, 4) is 0 Å². The Balaban J connectivity index is 2.20. The van der Waals surface area contributed by atoms with Gasteiger partial charge in [0.1, 0.15) is 5.82 Å². The molecule has 0 aromatic carbocycles. The number of ether oxygens (including phenoxy) is 1. The van der Waals surface area contributed by atoms with Crippen LogP contribution >= 0.6 is 0 Å². The molecule has 1 aromatic heterocycles. The van der Waals surface area contributed by atoms with Crippen LogP contribution in [0.15, 0.2) is 18.3 Å². The standard InChI is InChI=1S/C12H19N3O2/c1-12(2)8-15(6-10(7-16)17-12)9-3-4-14-11(13)5-9/h3-5,10,16H,6-8H2,1-2H3,(H2,13,14). The van der Waals surface area contributed by atoms with Gasteiger partial charge in [0, 0.05) is 31.0 Å². The molecule has 0 radical (unpaired) electrons. The Hall–Kier alpha value is -1.33. The lowest BCUT2D eigenvalue weighted by Gasteiger charge is -2.43. The van der Waals surface area contributed by atoms with Gasteiger partial charge >= 0.3 is 0 Å². The van der Waals surface area contributed by atoms with Crippen LogP contribution in [0.1, 0.15) is 13.8 Å². The molecule has 0 spiro atoms. The third kappa shape index (κ3) is 2.87. The van der Waals surface area contributed by atoms with Gasteiger partial charge in [-0.15, -0.1) is 0 Å². The molecule has 2 heterocycles. The first kappa shape index (κ1) is 12.1. The van der Waals surface area contributed by atoms with E-state index in [1.807, 2.05) is 26.0 Å². The summed E-state index contributed by atoms with van der Waals surface area (Å²) in [5.74, 6) is 0.507. The van der Waals surface area contributed by atoms with Crippen molar-refractivity contribution in [3.63, 3.8) is 0 Å². The molecule has 94 valence electrons. The zero-order chi connectivity index (χ0) is 12.5. The molecule has 1 aromatic rings. The van der Waals surface area contributed by atoms with E-state index in [1.54, 1.807) is 6.20 Å². The lowest BCUT2D eigenvalue weighted by molar-refractivity contribution is -0.101. The third-order valence-electron chi connectivity index (χ3n) is 2.81. The summed E-state index contributed by atoms with van der Waals surface area (Å²) >= 11 is 0. The maximum Gasteiger partial charge on any atom is 0.125 e. The minimum atomic E-state index is -0.274. The highest BCUT2D eigenvalue weighted by Crippen LogP contribution is 2.26. The van der Waals surface area contributed by atoms with Crippen molar-refractivity contribution in [2.45, 2.75) is 25.6 Å². The zero-order valence-corrected chi connectivity index (χ0v) is 10.3. The first-order valence-electron chi connectivity index (χ1n) is 5.75. The second-order valence-electron chi connectivity index (χ2n) is 5.00. The van der Waals surface area contributed by atoms with Crippen LogP contribution in [0.4, 0.5) is 11.5 Å². The van der Waals surface area contributed by atoms with Crippen molar-refractivity contribution >= 4 is 11.5 Å². The van der Waals surface area contributed by atoms with Crippen LogP contribution in [0.5, 0.6) is 0 Å². The molecule has 5 nitrogen and oxygen atoms in total. The fraction of sp³-hybridized carbons (Fsp3) is 0.583. The number of nitrogens with zero attached hydrogens (tertiary/aromatic N) is 2. The molecule has 0 saturated carbocycles. The van der Waals surface area contributed by atoms with E-state index in [0.717, 1.165) is 12.2 Å². The topological polar surface area (TPSA) is 71.6 Å². The Morgan fingerprint density at radius 3 is 3.06 bits per heavy atom. The van der Waals surface area contributed by atoms with Crippen molar-refractivity contribution in [3.05, 3.63) is 18.3 Å². The van der Waals surface area contributed by atoms with E-state index in [9.17, 15) is 5.11 Å². The molecule has 1 unspecified atom stereocenters. The number of aliphatic hydroxyl groups is 1. The average Bonchev–Trinajstić information content (AvgIpc) is 2.27. The summed E-state index contributed by atoms with van der Waals surface area (Å²) in [4.78, 5) is 6.15. The Morgan fingerprint density at radius 2 is 2.41 bits per heavy atom. The summed E-state index contributed by atoms with van der Waals surface area (Å²) in [5, 5.41) is 9.25. The Bertz CT molecular complexity index is 395. The molecule has 0 bridgehead atoms. The third-order valence-corrected chi connectivity index (χ3v) is 2.81. The van der Waals surface area contributed by atoms with Crippen molar-refractivity contribution in [2.75, 3.05) is 30.3 Å². The summed E-state index contributed by atoms with van der Waals surface area (Å²) in [6.07, 6.45) is 1.54. The molecule has 17 heavy (non-hydrogen) atoms. The van der Waals surface area contributed by atoms with Gasteiger partial charge in [0.2, 0.25) is 0 Å². The monoisotopic (exact) mass is 237 g/mol. The van der Waals surface area contributed by atoms with E-state index in [2.05, 4.69) is 9.88 Å². The number of aliphatic hydroxyl groups excluding tert-OH is 1. The number of rotatable bonds is 2. The van der Waals surface area contributed by atoms with Crippen LogP contribution in [0, 0.1) is 0 Å². The van der Waals surface area contributed by atoms with Crippen molar-refractivity contribution < 1.29 is 9.84 Å². The smallest absolute Gasteiger partial charge is 0.125 e. The fourth-order valence-electron chi connectivity index (χ4n) is 2.22. The largest absolute Gasteiger partial charge is 0.394 e. The molecule has 1 aliphatic heterocycles. The van der Waals surface area contributed by atoms with Crippen LogP contribution in [0.3, 0.4) is 0 Å². The van der Waals surface area contributed by atoms with Gasteiger partial charge in [0.05, 0.1) is 18.3 Å². The predicted molar refractivity (Wildman–Crippen MR) is 66.9 cm³/mol. The molecule has 1 atom stereocenters. The van der Waals surface area contributed by atoms with Crippen LogP contribution in [0.2, 0.25) is 0 Å². The Morgan fingerprint density at radius 1 is 1.65 bits per heavy atom. The molecule has 2 rings (SSSR count). The van der Waals surface area contributed by atoms with Gasteiger partial charge in [-0.2, -0.15) is 0 Å². The normalized spacial score (nSPS) is 23.7. The van der Waals surface area contributed by atoms with Crippen molar-refractivity contribution in [1.29, 1.82) is 0 Å². The maximum atomic E-state index is 9.25. The van der Waals surface area contributed by atoms with E-state index in [4.69, 9.17) is 10.5 Å². The highest BCUT2D eigenvalue weighted by Gasteiger charge is 2.33. The number of hydrogen-bond acceptors (Lipinski definition) is 5. The zero-order valence-electron chi connectivity index (χ0n) is 10.3. The van der Waals surface area contributed by atoms with Crippen LogP contribution in [0.25, 0.3) is 0 Å². The second kappa shape index (κ2) is 4.50. The van der Waals surface area contributed by atoms with Crippen LogP contribution in [-0.4, -0.2) is 41.5 Å². The lowest BCUT2D eigenvalue weighted by Crippen LogP contribution is -2.54. The minimum absolute atomic E-state index is 0.0283. The molecule has 1 aliphatic rings. The summed E-state index contributed by atoms with van der Waals surface area (Å²) in [6, 6.07) is 3.77. The molecule has 0 aliphatic carbocycles. The van der Waals surface area contributed by atoms with Gasteiger partial charge in [-0.25, -0.2) is 4.98 Å². The van der Waals surface area contributed by atoms with E-state index in [-0.39, 0.29) is 18.3 Å². The number of pyridine rings is 1. The first-order chi connectivity index (χ1) is 8.00. The molecule has 5 heteroatoms. The Labute approximate surface area is 101 Å². The maximum absolute atomic E-state index is 9.25. The molecule has 0 amide bonds. The number of hydrogen-bond donors (Lipinski definition) is 2. The summed E-state index contributed by atoms with van der Waals surface area (Å²) in [6.45, 7) is 5.51. The van der Waals surface area contributed by atoms with Gasteiger partial charge in [0.15, 0.2) is 0 Å². The Kier molecular flexibility index (Phi) is 3.22. The minimum Gasteiger partial charge on any atom is -0.394 e. The number of morpholine rings is 1. The SMILES string of the molecule is CC1(C)CN(c2ccnc(N)c2)CC(CO)O1. The molecule has 1 fully saturated rings. The van der Waals surface area contributed by atoms with Crippen LogP contribution in [-0.2, 0) is 4.74 Å². The quantitative estimate of drug-likeness (QED) is 0.790. The van der Waals surface area contributed by atoms with Gasteiger partial charge in [0.25, 0.3) is 0 Å². The second-order valence-corrected chi connectivity index (χ2v) is 5.00. The van der Waals surface area contributed by atoms with E-state index in [0.29, 0.717) is 12.4 Å². The van der Waals surface area contributed by atoms with Gasteiger partial charge < -0.3 is 20.5 Å². The lowest BCUT2D eigenvalue weighted by atomic mass is 10.0. The van der Waals surface area contributed by atoms with Gasteiger partial charge in [-0.1, -0.05) is 0 Å². The van der Waals surface area contributed by atoms with Gasteiger partial charge in [-0.05, 0) is 19.9 Å². The number of anilines is 2. The number of nitrogen functional groups attached to an aromatic ring is 1. The molecular formula is C12H19N3O2. The van der Waals surface area contributed by atoms with E-state index >= 15 is 0 Å². The van der Waals surface area contributed by atoms with Crippen molar-refractivity contribution in [2.24, 2.45) is 0 Å². The molecule has 1 saturated heterocycles. The highest BCUT2D eigenvalue weighted by atomic mass is 16.5. The number of nitrogens with two attached hydrogens (primary N) is 1. The predicted octanol–water partition coefficient (Wildman–Crippen LogP) is 0.640. The summed E-state index contributed by atoms with van der Waals surface area (Å²) in [5.41, 5.74) is 6.43. The molecule has 3 N–H and O–H groups in total. The number of aromatic nitrogens is 1. The summed E-state index contributed by atoms with van der Waals surface area (Å²) < 4.78 is 5.77. The highest BCUT2D eigenvalue weighted by molar-refractivity contribution is 5.52. The van der Waals surface area contributed by atoms with E-state index < -0.39 is 0 Å². The average molecular weight is 237 g/mol. The molecular weight excluding hydrogens is 218 g/mol. The van der Waals surface area contributed by atoms with Crippen LogP contribution < -0.4 is 10.6 Å². The fourth-order valence-corrected chi connectivity index (χ4v) is 2.22. The van der Waals surface area contributed by atoms with Crippen molar-refractivity contribution in [1.82, 2.24) is 4.98 Å².